The number of carbonyl (C=O) groups excluding carboxylic acids is 1. The number of para-hydroxylation sites is 2. The molecule has 0 spiro atoms. The second-order valence-corrected chi connectivity index (χ2v) is 7.72. The van der Waals surface area contributed by atoms with Gasteiger partial charge < -0.3 is 14.6 Å². The van der Waals surface area contributed by atoms with Gasteiger partial charge in [-0.15, -0.1) is 11.8 Å². The first-order chi connectivity index (χ1) is 11.7. The van der Waals surface area contributed by atoms with Crippen LogP contribution in [0.5, 0.6) is 0 Å². The van der Waals surface area contributed by atoms with Crippen LogP contribution >= 0.6 is 11.8 Å². The number of hydrogen-bond donors (Lipinski definition) is 1. The second kappa shape index (κ2) is 8.03. The molecule has 0 unspecified atom stereocenters. The van der Waals surface area contributed by atoms with Gasteiger partial charge in [-0.1, -0.05) is 12.1 Å². The Morgan fingerprint density at radius 2 is 2.33 bits per heavy atom. The van der Waals surface area contributed by atoms with Gasteiger partial charge in [0, 0.05) is 20.2 Å². The molecule has 6 heteroatoms. The van der Waals surface area contributed by atoms with Gasteiger partial charge in [-0.05, 0) is 37.8 Å². The normalized spacial score (nSPS) is 19.6. The lowest BCUT2D eigenvalue weighted by Gasteiger charge is -2.32. The summed E-state index contributed by atoms with van der Waals surface area (Å²) in [6.07, 6.45) is 2.23. The number of hydrogen-bond acceptors (Lipinski definition) is 4. The minimum atomic E-state index is 0.168. The van der Waals surface area contributed by atoms with Gasteiger partial charge in [0.25, 0.3) is 0 Å². The van der Waals surface area contributed by atoms with E-state index in [1.807, 2.05) is 29.2 Å². The average Bonchev–Trinajstić information content (AvgIpc) is 3.04. The number of aromatic nitrogens is 2. The van der Waals surface area contributed by atoms with Crippen molar-refractivity contribution < 1.29 is 9.53 Å². The summed E-state index contributed by atoms with van der Waals surface area (Å²) < 4.78 is 5.24. The Labute approximate surface area is 147 Å². The molecule has 1 aromatic carbocycles. The van der Waals surface area contributed by atoms with Crippen LogP contribution in [0.1, 0.15) is 30.8 Å². The summed E-state index contributed by atoms with van der Waals surface area (Å²) in [6, 6.07) is 8.01. The number of methoxy groups -OCH3 is 1. The third-order valence-corrected chi connectivity index (χ3v) is 5.66. The van der Waals surface area contributed by atoms with Crippen LogP contribution in [0.3, 0.4) is 0 Å². The van der Waals surface area contributed by atoms with Crippen molar-refractivity contribution in [3.8, 4) is 0 Å². The first-order valence-corrected chi connectivity index (χ1v) is 9.55. The maximum absolute atomic E-state index is 12.5. The molecule has 0 bridgehead atoms. The number of piperidine rings is 1. The highest BCUT2D eigenvalue weighted by Gasteiger charge is 2.24. The molecule has 1 aliphatic rings. The Balaban J connectivity index is 1.53. The van der Waals surface area contributed by atoms with E-state index >= 15 is 0 Å². The number of benzene rings is 1. The van der Waals surface area contributed by atoms with E-state index in [1.54, 1.807) is 18.9 Å². The van der Waals surface area contributed by atoms with Gasteiger partial charge in [0.05, 0.1) is 28.6 Å². The third kappa shape index (κ3) is 4.11. The van der Waals surface area contributed by atoms with Crippen LogP contribution in [0.25, 0.3) is 11.0 Å². The van der Waals surface area contributed by atoms with Gasteiger partial charge in [0.1, 0.15) is 5.82 Å². The molecular weight excluding hydrogens is 322 g/mol. The summed E-state index contributed by atoms with van der Waals surface area (Å²) in [5.41, 5.74) is 2.02. The molecule has 3 rings (SSSR count). The zero-order valence-electron chi connectivity index (χ0n) is 14.3. The van der Waals surface area contributed by atoms with Crippen LogP contribution in [0.15, 0.2) is 24.3 Å². The highest BCUT2D eigenvalue weighted by Crippen LogP contribution is 2.28. The van der Waals surface area contributed by atoms with E-state index in [4.69, 9.17) is 4.74 Å². The van der Waals surface area contributed by atoms with Crippen LogP contribution in [0.4, 0.5) is 0 Å². The second-order valence-electron chi connectivity index (χ2n) is 6.40. The minimum absolute atomic E-state index is 0.168. The van der Waals surface area contributed by atoms with E-state index in [-0.39, 0.29) is 11.2 Å². The van der Waals surface area contributed by atoms with Crippen LogP contribution < -0.4 is 0 Å². The number of aromatic amines is 1. The van der Waals surface area contributed by atoms with Crippen molar-refractivity contribution in [3.05, 3.63) is 30.1 Å². The molecule has 0 aliphatic carbocycles. The number of nitrogens with zero attached hydrogens (tertiary/aromatic N) is 2. The number of H-pyrrole nitrogens is 1. The Morgan fingerprint density at radius 3 is 3.12 bits per heavy atom. The number of nitrogens with one attached hydrogen (secondary N) is 1. The molecule has 24 heavy (non-hydrogen) atoms. The molecule has 0 saturated carbocycles. The summed E-state index contributed by atoms with van der Waals surface area (Å²) in [4.78, 5) is 22.5. The number of imidazole rings is 1. The van der Waals surface area contributed by atoms with Crippen molar-refractivity contribution in [2.24, 2.45) is 5.92 Å². The van der Waals surface area contributed by atoms with Crippen molar-refractivity contribution in [2.45, 2.75) is 25.0 Å². The van der Waals surface area contributed by atoms with E-state index in [0.717, 1.165) is 49.4 Å². The first-order valence-electron chi connectivity index (χ1n) is 8.50. The number of thioether (sulfide) groups is 1. The standard InChI is InChI=1S/C18H25N3O2S/c1-13(18-19-15-7-3-4-8-16(15)20-18)24-12-17(22)21-9-5-6-14(10-21)11-23-2/h3-4,7-8,13-14H,5-6,9-12H2,1-2H3,(H,19,20)/t13-,14-/m0/s1. The van der Waals surface area contributed by atoms with Crippen molar-refractivity contribution in [3.63, 3.8) is 0 Å². The van der Waals surface area contributed by atoms with Crippen LogP contribution in [0, 0.1) is 5.92 Å². The Kier molecular flexibility index (Phi) is 5.79. The molecule has 2 heterocycles. The maximum atomic E-state index is 12.5. The average molecular weight is 347 g/mol. The minimum Gasteiger partial charge on any atom is -0.384 e. The van der Waals surface area contributed by atoms with Crippen LogP contribution in [0.2, 0.25) is 0 Å². The highest BCUT2D eigenvalue weighted by atomic mass is 32.2. The number of likely N-dealkylation sites (tertiary alicyclic amines) is 1. The van der Waals surface area contributed by atoms with Crippen molar-refractivity contribution in [1.29, 1.82) is 0 Å². The molecular formula is C18H25N3O2S. The molecule has 2 aromatic rings. The fourth-order valence-electron chi connectivity index (χ4n) is 3.19. The SMILES string of the molecule is COC[C@H]1CCCN(C(=O)CS[C@@H](C)c2nc3ccccc3[nH]2)C1. The molecule has 1 saturated heterocycles. The maximum Gasteiger partial charge on any atom is 0.232 e. The van der Waals surface area contributed by atoms with E-state index in [1.165, 1.54) is 0 Å². The first kappa shape index (κ1) is 17.3. The van der Waals surface area contributed by atoms with Crippen LogP contribution in [-0.4, -0.2) is 53.3 Å². The molecule has 0 radical (unpaired) electrons. The van der Waals surface area contributed by atoms with Crippen molar-refractivity contribution in [1.82, 2.24) is 14.9 Å². The zero-order valence-corrected chi connectivity index (χ0v) is 15.1. The zero-order chi connectivity index (χ0) is 16.9. The lowest BCUT2D eigenvalue weighted by molar-refractivity contribution is -0.130. The Morgan fingerprint density at radius 1 is 1.50 bits per heavy atom. The number of amides is 1. The quantitative estimate of drug-likeness (QED) is 0.871. The molecule has 2 atom stereocenters. The fourth-order valence-corrected chi connectivity index (χ4v) is 4.04. The molecule has 130 valence electrons. The molecule has 1 fully saturated rings. The van der Waals surface area contributed by atoms with E-state index in [2.05, 4.69) is 16.9 Å². The third-order valence-electron chi connectivity index (χ3n) is 4.52. The van der Waals surface area contributed by atoms with Crippen molar-refractivity contribution in [2.75, 3.05) is 32.6 Å². The van der Waals surface area contributed by atoms with E-state index < -0.39 is 0 Å². The lowest BCUT2D eigenvalue weighted by atomic mass is 9.99. The van der Waals surface area contributed by atoms with E-state index in [0.29, 0.717) is 11.7 Å². The summed E-state index contributed by atoms with van der Waals surface area (Å²) in [7, 11) is 1.73. The lowest BCUT2D eigenvalue weighted by Crippen LogP contribution is -2.42. The van der Waals surface area contributed by atoms with Gasteiger partial charge >= 0.3 is 0 Å². The van der Waals surface area contributed by atoms with Gasteiger partial charge in [-0.25, -0.2) is 4.98 Å². The highest BCUT2D eigenvalue weighted by molar-refractivity contribution is 8.00. The van der Waals surface area contributed by atoms with Crippen LogP contribution in [-0.2, 0) is 9.53 Å². The predicted octanol–water partition coefficient (Wildman–Crippen LogP) is 3.24. The molecule has 5 nitrogen and oxygen atoms in total. The van der Waals surface area contributed by atoms with Crippen molar-refractivity contribution >= 4 is 28.7 Å². The topological polar surface area (TPSA) is 58.2 Å². The number of ether oxygens (including phenoxy) is 1. The molecule has 1 aromatic heterocycles. The predicted molar refractivity (Wildman–Crippen MR) is 98.1 cm³/mol. The van der Waals surface area contributed by atoms with Gasteiger partial charge in [-0.3, -0.25) is 4.79 Å². The molecule has 1 aliphatic heterocycles. The fraction of sp³-hybridized carbons (Fsp3) is 0.556. The largest absolute Gasteiger partial charge is 0.384 e. The van der Waals surface area contributed by atoms with Gasteiger partial charge in [-0.2, -0.15) is 0 Å². The molecule has 1 amide bonds. The smallest absolute Gasteiger partial charge is 0.232 e. The Bertz CT molecular complexity index is 653. The van der Waals surface area contributed by atoms with Gasteiger partial charge in [0.2, 0.25) is 5.91 Å². The monoisotopic (exact) mass is 347 g/mol. The summed E-state index contributed by atoms with van der Waals surface area (Å²) in [5, 5.41) is 0.168. The van der Waals surface area contributed by atoms with E-state index in [9.17, 15) is 4.79 Å². The number of fused-ring (bicyclic) bond motifs is 1. The summed E-state index contributed by atoms with van der Waals surface area (Å²) in [6.45, 7) is 4.54. The summed E-state index contributed by atoms with van der Waals surface area (Å²) >= 11 is 1.64. The Hall–Kier alpha value is -1.53. The van der Waals surface area contributed by atoms with Gasteiger partial charge in [0.15, 0.2) is 0 Å². The summed E-state index contributed by atoms with van der Waals surface area (Å²) in [5.74, 6) is 2.14. The molecule has 1 N–H and O–H groups in total. The number of rotatable bonds is 6. The number of carbonyl (C=O) groups is 1.